The van der Waals surface area contributed by atoms with Crippen LogP contribution in [0.1, 0.15) is 31.5 Å². The lowest BCUT2D eigenvalue weighted by Crippen LogP contribution is -2.51. The maximum absolute atomic E-state index is 12.4. The number of hydrogen-bond donors (Lipinski definition) is 1. The van der Waals surface area contributed by atoms with Gasteiger partial charge < -0.3 is 19.6 Å². The standard InChI is InChI=1S/C20H26ClN5O3/c1-2-4-17-23-19(29-24-17)8-7-18(27)22-14-20(28)26-11-9-25(10-12-26)16-6-3-5-15(21)13-16/h3,5-6,13H,2,4,7-12,14H2,1H3,(H,22,27). The van der Waals surface area contributed by atoms with Gasteiger partial charge in [-0.25, -0.2) is 0 Å². The number of benzene rings is 1. The number of amides is 2. The Morgan fingerprint density at radius 3 is 2.72 bits per heavy atom. The van der Waals surface area contributed by atoms with Crippen molar-refractivity contribution in [3.05, 3.63) is 41.0 Å². The zero-order valence-corrected chi connectivity index (χ0v) is 17.3. The molecule has 0 unspecified atom stereocenters. The molecule has 1 N–H and O–H groups in total. The van der Waals surface area contributed by atoms with Gasteiger partial charge in [-0.15, -0.1) is 0 Å². The maximum Gasteiger partial charge on any atom is 0.242 e. The summed E-state index contributed by atoms with van der Waals surface area (Å²) < 4.78 is 5.11. The highest BCUT2D eigenvalue weighted by Gasteiger charge is 2.21. The van der Waals surface area contributed by atoms with Crippen molar-refractivity contribution in [1.29, 1.82) is 0 Å². The van der Waals surface area contributed by atoms with Gasteiger partial charge in [0.1, 0.15) is 0 Å². The molecule has 1 fully saturated rings. The highest BCUT2D eigenvalue weighted by molar-refractivity contribution is 6.30. The van der Waals surface area contributed by atoms with Gasteiger partial charge in [0, 0.05) is 56.2 Å². The van der Waals surface area contributed by atoms with Crippen molar-refractivity contribution in [2.75, 3.05) is 37.6 Å². The Bertz CT molecular complexity index is 833. The first-order chi connectivity index (χ1) is 14.0. The number of piperazine rings is 1. The number of carbonyl (C=O) groups is 2. The molecule has 0 saturated carbocycles. The van der Waals surface area contributed by atoms with Crippen molar-refractivity contribution in [3.63, 3.8) is 0 Å². The van der Waals surface area contributed by atoms with Crippen LogP contribution in [-0.4, -0.2) is 59.6 Å². The zero-order chi connectivity index (χ0) is 20.6. The second kappa shape index (κ2) is 10.2. The molecule has 2 amide bonds. The van der Waals surface area contributed by atoms with E-state index in [1.807, 2.05) is 31.2 Å². The summed E-state index contributed by atoms with van der Waals surface area (Å²) in [5.41, 5.74) is 1.06. The number of nitrogens with zero attached hydrogens (tertiary/aromatic N) is 4. The number of rotatable bonds is 8. The number of halogens is 1. The molecule has 9 heteroatoms. The van der Waals surface area contributed by atoms with Crippen LogP contribution < -0.4 is 10.2 Å². The summed E-state index contributed by atoms with van der Waals surface area (Å²) in [6.07, 6.45) is 2.28. The molecule has 1 aliphatic rings. The van der Waals surface area contributed by atoms with Crippen LogP contribution in [-0.2, 0) is 22.4 Å². The van der Waals surface area contributed by atoms with Crippen molar-refractivity contribution < 1.29 is 14.1 Å². The molecule has 1 aromatic carbocycles. The molecule has 8 nitrogen and oxygen atoms in total. The molecule has 2 heterocycles. The monoisotopic (exact) mass is 419 g/mol. The van der Waals surface area contributed by atoms with E-state index in [2.05, 4.69) is 20.4 Å². The van der Waals surface area contributed by atoms with E-state index in [1.54, 1.807) is 4.90 Å². The third-order valence-corrected chi connectivity index (χ3v) is 5.03. The second-order valence-corrected chi connectivity index (χ2v) is 7.42. The number of aromatic nitrogens is 2. The first-order valence-electron chi connectivity index (χ1n) is 9.91. The van der Waals surface area contributed by atoms with E-state index >= 15 is 0 Å². The summed E-state index contributed by atoms with van der Waals surface area (Å²) in [5, 5.41) is 7.24. The molecule has 1 aromatic heterocycles. The highest BCUT2D eigenvalue weighted by Crippen LogP contribution is 2.20. The number of nitrogens with one attached hydrogen (secondary N) is 1. The van der Waals surface area contributed by atoms with Crippen LogP contribution in [0.3, 0.4) is 0 Å². The molecule has 0 atom stereocenters. The van der Waals surface area contributed by atoms with Crippen LogP contribution in [0.2, 0.25) is 5.02 Å². The molecule has 156 valence electrons. The molecule has 2 aromatic rings. The van der Waals surface area contributed by atoms with Gasteiger partial charge in [-0.05, 0) is 24.6 Å². The molecule has 1 saturated heterocycles. The van der Waals surface area contributed by atoms with E-state index in [9.17, 15) is 9.59 Å². The predicted octanol–water partition coefficient (Wildman–Crippen LogP) is 2.07. The molecular formula is C20H26ClN5O3. The minimum Gasteiger partial charge on any atom is -0.368 e. The Balaban J connectivity index is 1.36. The van der Waals surface area contributed by atoms with Crippen LogP contribution in [0, 0.1) is 0 Å². The summed E-state index contributed by atoms with van der Waals surface area (Å²) in [6, 6.07) is 7.70. The average Bonchev–Trinajstić information content (AvgIpc) is 3.18. The van der Waals surface area contributed by atoms with E-state index < -0.39 is 0 Å². The van der Waals surface area contributed by atoms with Crippen LogP contribution in [0.5, 0.6) is 0 Å². The largest absolute Gasteiger partial charge is 0.368 e. The Morgan fingerprint density at radius 1 is 1.21 bits per heavy atom. The van der Waals surface area contributed by atoms with Crippen molar-refractivity contribution >= 4 is 29.1 Å². The lowest BCUT2D eigenvalue weighted by Gasteiger charge is -2.36. The van der Waals surface area contributed by atoms with Gasteiger partial charge in [-0.2, -0.15) is 4.98 Å². The quantitative estimate of drug-likeness (QED) is 0.704. The molecule has 1 aliphatic heterocycles. The molecule has 29 heavy (non-hydrogen) atoms. The Labute approximate surface area is 175 Å². The third kappa shape index (κ3) is 6.19. The highest BCUT2D eigenvalue weighted by atomic mass is 35.5. The minimum absolute atomic E-state index is 0.000909. The summed E-state index contributed by atoms with van der Waals surface area (Å²) in [7, 11) is 0. The van der Waals surface area contributed by atoms with E-state index in [1.165, 1.54) is 0 Å². The molecule has 3 rings (SSSR count). The summed E-state index contributed by atoms with van der Waals surface area (Å²) in [5.74, 6) is 0.834. The van der Waals surface area contributed by atoms with Crippen LogP contribution in [0.15, 0.2) is 28.8 Å². The van der Waals surface area contributed by atoms with Gasteiger partial charge in [0.2, 0.25) is 17.7 Å². The average molecular weight is 420 g/mol. The van der Waals surface area contributed by atoms with Crippen LogP contribution in [0.4, 0.5) is 5.69 Å². The molecular weight excluding hydrogens is 394 g/mol. The Morgan fingerprint density at radius 2 is 2.00 bits per heavy atom. The smallest absolute Gasteiger partial charge is 0.242 e. The first-order valence-corrected chi connectivity index (χ1v) is 10.3. The lowest BCUT2D eigenvalue weighted by molar-refractivity contribution is -0.133. The van der Waals surface area contributed by atoms with Crippen LogP contribution in [0.25, 0.3) is 0 Å². The zero-order valence-electron chi connectivity index (χ0n) is 16.6. The Hall–Kier alpha value is -2.61. The van der Waals surface area contributed by atoms with Gasteiger partial charge in [-0.1, -0.05) is 29.7 Å². The number of hydrogen-bond acceptors (Lipinski definition) is 6. The van der Waals surface area contributed by atoms with Crippen molar-refractivity contribution in [3.8, 4) is 0 Å². The second-order valence-electron chi connectivity index (χ2n) is 6.98. The topological polar surface area (TPSA) is 91.6 Å². The fourth-order valence-electron chi connectivity index (χ4n) is 3.20. The molecule has 0 aliphatic carbocycles. The van der Waals surface area contributed by atoms with Crippen LogP contribution >= 0.6 is 11.6 Å². The summed E-state index contributed by atoms with van der Waals surface area (Å²) >= 11 is 6.05. The number of carbonyl (C=O) groups excluding carboxylic acids is 2. The molecule has 0 radical (unpaired) electrons. The fraction of sp³-hybridized carbons (Fsp3) is 0.500. The number of anilines is 1. The molecule has 0 bridgehead atoms. The molecule has 0 spiro atoms. The van der Waals surface area contributed by atoms with Crippen molar-refractivity contribution in [2.24, 2.45) is 0 Å². The summed E-state index contributed by atoms with van der Waals surface area (Å²) in [4.78, 5) is 32.6. The van der Waals surface area contributed by atoms with E-state index in [0.717, 1.165) is 31.6 Å². The van der Waals surface area contributed by atoms with Crippen molar-refractivity contribution in [2.45, 2.75) is 32.6 Å². The van der Waals surface area contributed by atoms with Gasteiger partial charge in [-0.3, -0.25) is 9.59 Å². The van der Waals surface area contributed by atoms with E-state index in [4.69, 9.17) is 16.1 Å². The lowest BCUT2D eigenvalue weighted by atomic mass is 10.2. The fourth-order valence-corrected chi connectivity index (χ4v) is 3.38. The van der Waals surface area contributed by atoms with Gasteiger partial charge in [0.25, 0.3) is 0 Å². The van der Waals surface area contributed by atoms with E-state index in [0.29, 0.717) is 36.2 Å². The Kier molecular flexibility index (Phi) is 7.46. The van der Waals surface area contributed by atoms with E-state index in [-0.39, 0.29) is 24.8 Å². The van der Waals surface area contributed by atoms with Gasteiger partial charge in [0.15, 0.2) is 5.82 Å². The third-order valence-electron chi connectivity index (χ3n) is 4.79. The SMILES string of the molecule is CCCc1noc(CCC(=O)NCC(=O)N2CCN(c3cccc(Cl)c3)CC2)n1. The minimum atomic E-state index is -0.203. The summed E-state index contributed by atoms with van der Waals surface area (Å²) in [6.45, 7) is 4.74. The normalized spacial score (nSPS) is 14.1. The van der Waals surface area contributed by atoms with Crippen molar-refractivity contribution in [1.82, 2.24) is 20.4 Å². The first kappa shape index (κ1) is 21.1. The predicted molar refractivity (Wildman–Crippen MR) is 110 cm³/mol. The van der Waals surface area contributed by atoms with Gasteiger partial charge in [0.05, 0.1) is 6.54 Å². The number of aryl methyl sites for hydroxylation is 2. The van der Waals surface area contributed by atoms with Gasteiger partial charge >= 0.3 is 0 Å². The maximum atomic E-state index is 12.4.